The van der Waals surface area contributed by atoms with Crippen LogP contribution in [0, 0.1) is 6.42 Å². The summed E-state index contributed by atoms with van der Waals surface area (Å²) < 4.78 is 17.7. The van der Waals surface area contributed by atoms with E-state index in [9.17, 15) is 4.39 Å². The fraction of sp³-hybridized carbons (Fsp3) is 0.444. The van der Waals surface area contributed by atoms with E-state index in [1.165, 1.54) is 6.08 Å². The Morgan fingerprint density at radius 2 is 2.36 bits per heavy atom. The van der Waals surface area contributed by atoms with Gasteiger partial charge in [-0.3, -0.25) is 0 Å². The van der Waals surface area contributed by atoms with E-state index in [0.29, 0.717) is 13.0 Å². The van der Waals surface area contributed by atoms with Gasteiger partial charge in [0.25, 0.3) is 0 Å². The first-order valence-corrected chi connectivity index (χ1v) is 3.85. The largest absolute Gasteiger partial charge is 0.498 e. The zero-order chi connectivity index (χ0) is 8.10. The topological polar surface area (TPSA) is 9.23 Å². The molecule has 1 nitrogen and oxygen atoms in total. The summed E-state index contributed by atoms with van der Waals surface area (Å²) in [6.45, 7) is 2.75. The predicted molar refractivity (Wildman–Crippen MR) is 42.4 cm³/mol. The van der Waals surface area contributed by atoms with Crippen molar-refractivity contribution in [3.63, 3.8) is 0 Å². The van der Waals surface area contributed by atoms with Crippen molar-refractivity contribution in [1.82, 2.24) is 0 Å². The summed E-state index contributed by atoms with van der Waals surface area (Å²) in [5.74, 6) is 0.682. The molecule has 1 aliphatic carbocycles. The van der Waals surface area contributed by atoms with Crippen molar-refractivity contribution in [2.75, 3.05) is 6.61 Å². The first kappa shape index (κ1) is 8.31. The Morgan fingerprint density at radius 1 is 1.55 bits per heavy atom. The number of halogens is 1. The number of rotatable bonds is 3. The van der Waals surface area contributed by atoms with Crippen molar-refractivity contribution in [3.8, 4) is 0 Å². The smallest absolute Gasteiger partial charge is 0.101 e. The second-order valence-electron chi connectivity index (χ2n) is 2.44. The number of hydrogen-bond acceptors (Lipinski definition) is 1. The van der Waals surface area contributed by atoms with Crippen molar-refractivity contribution < 1.29 is 9.13 Å². The van der Waals surface area contributed by atoms with Gasteiger partial charge in [-0.15, -0.1) is 0 Å². The van der Waals surface area contributed by atoms with Crippen LogP contribution in [0.2, 0.25) is 0 Å². The van der Waals surface area contributed by atoms with Gasteiger partial charge in [-0.2, -0.15) is 0 Å². The maximum absolute atomic E-state index is 12.4. The Labute approximate surface area is 66.6 Å². The fourth-order valence-corrected chi connectivity index (χ4v) is 0.834. The maximum Gasteiger partial charge on any atom is 0.101 e. The molecule has 0 fully saturated rings. The third kappa shape index (κ3) is 2.74. The van der Waals surface area contributed by atoms with Crippen LogP contribution in [0.4, 0.5) is 4.39 Å². The molecule has 11 heavy (non-hydrogen) atoms. The van der Waals surface area contributed by atoms with Crippen LogP contribution in [0.3, 0.4) is 0 Å². The molecule has 0 aliphatic heterocycles. The Balaban J connectivity index is 2.35. The van der Waals surface area contributed by atoms with Gasteiger partial charge in [0, 0.05) is 12.8 Å². The van der Waals surface area contributed by atoms with Crippen LogP contribution >= 0.6 is 0 Å². The first-order valence-electron chi connectivity index (χ1n) is 3.85. The van der Waals surface area contributed by atoms with E-state index in [2.05, 4.69) is 0 Å². The Kier molecular flexibility index (Phi) is 3.14. The highest BCUT2D eigenvalue weighted by Gasteiger charge is 2.05. The molecular weight excluding hydrogens is 143 g/mol. The predicted octanol–water partition coefficient (Wildman–Crippen LogP) is 2.76. The van der Waals surface area contributed by atoms with Crippen molar-refractivity contribution in [2.45, 2.75) is 19.8 Å². The van der Waals surface area contributed by atoms with E-state index in [0.717, 1.165) is 12.2 Å². The zero-order valence-electron chi connectivity index (χ0n) is 6.64. The van der Waals surface area contributed by atoms with E-state index >= 15 is 0 Å². The van der Waals surface area contributed by atoms with Gasteiger partial charge in [0.05, 0.1) is 6.61 Å². The van der Waals surface area contributed by atoms with Gasteiger partial charge >= 0.3 is 0 Å². The molecule has 0 N–H and O–H groups in total. The lowest BCUT2D eigenvalue weighted by molar-refractivity contribution is 0.216. The summed E-state index contributed by atoms with van der Waals surface area (Å²) in [6, 6.07) is 0. The third-order valence-corrected chi connectivity index (χ3v) is 1.40. The molecular formula is C9H12FO. The average Bonchev–Trinajstić information content (AvgIpc) is 2.04. The molecule has 1 aliphatic rings. The highest BCUT2D eigenvalue weighted by molar-refractivity contribution is 5.24. The molecule has 0 bridgehead atoms. The molecule has 0 aromatic carbocycles. The fourth-order valence-electron chi connectivity index (χ4n) is 0.834. The van der Waals surface area contributed by atoms with E-state index in [1.807, 2.05) is 6.92 Å². The quantitative estimate of drug-likeness (QED) is 0.609. The lowest BCUT2D eigenvalue weighted by Gasteiger charge is -2.10. The lowest BCUT2D eigenvalue weighted by Crippen LogP contribution is -1.97. The number of hydrogen-bond donors (Lipinski definition) is 0. The maximum atomic E-state index is 12.4. The number of allylic oxidation sites excluding steroid dienone is 4. The van der Waals surface area contributed by atoms with Gasteiger partial charge in [-0.25, -0.2) is 4.39 Å². The lowest BCUT2D eigenvalue weighted by atomic mass is 10.1. The molecule has 0 spiro atoms. The van der Waals surface area contributed by atoms with E-state index < -0.39 is 0 Å². The summed E-state index contributed by atoms with van der Waals surface area (Å²) in [5, 5.41) is 0. The molecule has 0 atom stereocenters. The molecule has 61 valence electrons. The molecule has 0 saturated heterocycles. The van der Waals surface area contributed by atoms with E-state index in [4.69, 9.17) is 4.74 Å². The van der Waals surface area contributed by atoms with Crippen molar-refractivity contribution in [1.29, 1.82) is 0 Å². The van der Waals surface area contributed by atoms with Crippen LogP contribution in [0.5, 0.6) is 0 Å². The van der Waals surface area contributed by atoms with E-state index in [-0.39, 0.29) is 5.83 Å². The van der Waals surface area contributed by atoms with Gasteiger partial charge in [-0.05, 0) is 18.6 Å². The summed E-state index contributed by atoms with van der Waals surface area (Å²) >= 11 is 0. The Morgan fingerprint density at radius 3 is 2.91 bits per heavy atom. The van der Waals surface area contributed by atoms with Crippen molar-refractivity contribution in [3.05, 3.63) is 30.2 Å². The highest BCUT2D eigenvalue weighted by Crippen LogP contribution is 2.18. The summed E-state index contributed by atoms with van der Waals surface area (Å²) in [6.07, 6.45) is 6.22. The van der Waals surface area contributed by atoms with Crippen molar-refractivity contribution >= 4 is 0 Å². The molecule has 1 radical (unpaired) electrons. The molecule has 1 rings (SSSR count). The first-order chi connectivity index (χ1) is 5.33. The third-order valence-electron chi connectivity index (χ3n) is 1.40. The molecule has 0 amide bonds. The number of ether oxygens (including phenoxy) is 1. The molecule has 2 heteroatoms. The summed E-state index contributed by atoms with van der Waals surface area (Å²) in [5.41, 5.74) is 0. The molecule has 0 saturated carbocycles. The van der Waals surface area contributed by atoms with Gasteiger partial charge in [-0.1, -0.05) is 6.92 Å². The van der Waals surface area contributed by atoms with Crippen LogP contribution in [-0.4, -0.2) is 6.61 Å². The van der Waals surface area contributed by atoms with Gasteiger partial charge < -0.3 is 4.74 Å². The molecule has 0 aromatic heterocycles. The minimum Gasteiger partial charge on any atom is -0.498 e. The Bertz CT molecular complexity index is 182. The van der Waals surface area contributed by atoms with Crippen LogP contribution in [0.15, 0.2) is 23.7 Å². The average molecular weight is 155 g/mol. The van der Waals surface area contributed by atoms with Crippen LogP contribution in [0.25, 0.3) is 0 Å². The van der Waals surface area contributed by atoms with E-state index in [1.54, 1.807) is 12.5 Å². The second kappa shape index (κ2) is 4.16. The Hall–Kier alpha value is -0.790. The van der Waals surface area contributed by atoms with Crippen molar-refractivity contribution in [2.24, 2.45) is 0 Å². The zero-order valence-corrected chi connectivity index (χ0v) is 6.64. The normalized spacial score (nSPS) is 17.3. The molecule has 0 aromatic rings. The summed E-state index contributed by atoms with van der Waals surface area (Å²) in [7, 11) is 0. The van der Waals surface area contributed by atoms with Crippen LogP contribution in [-0.2, 0) is 4.74 Å². The minimum absolute atomic E-state index is 0.103. The SMILES string of the molecule is CCCOC1=CC=C(F)C[CH]1. The monoisotopic (exact) mass is 155 g/mol. The molecule has 0 unspecified atom stereocenters. The highest BCUT2D eigenvalue weighted by atomic mass is 19.1. The van der Waals surface area contributed by atoms with Gasteiger partial charge in [0.1, 0.15) is 11.6 Å². The van der Waals surface area contributed by atoms with Gasteiger partial charge in [0.2, 0.25) is 0 Å². The minimum atomic E-state index is -0.103. The van der Waals surface area contributed by atoms with Crippen LogP contribution < -0.4 is 0 Å². The standard InChI is InChI=1S/C9H12FO/c1-2-7-11-9-5-3-8(10)4-6-9/h3,5-6H,2,4,7H2,1H3. The van der Waals surface area contributed by atoms with Gasteiger partial charge in [0.15, 0.2) is 0 Å². The molecule has 0 heterocycles. The second-order valence-corrected chi connectivity index (χ2v) is 2.44. The summed E-state index contributed by atoms with van der Waals surface area (Å²) in [4.78, 5) is 0. The van der Waals surface area contributed by atoms with Crippen LogP contribution in [0.1, 0.15) is 19.8 Å².